The van der Waals surface area contributed by atoms with Gasteiger partial charge in [-0.3, -0.25) is 0 Å². The smallest absolute Gasteiger partial charge is 0.155 e. The highest BCUT2D eigenvalue weighted by molar-refractivity contribution is 4.48. The molecule has 0 saturated heterocycles. The zero-order valence-corrected chi connectivity index (χ0v) is 3.93. The first kappa shape index (κ1) is 6.93. The van der Waals surface area contributed by atoms with Crippen LogP contribution in [0.3, 0.4) is 0 Å². The maximum absolute atomic E-state index is 10.0. The highest BCUT2D eigenvalue weighted by atomic mass is 16.9. The summed E-state index contributed by atoms with van der Waals surface area (Å²) >= 11 is 0. The van der Waals surface area contributed by atoms with Crippen LogP contribution >= 0.6 is 0 Å². The first-order valence-electron chi connectivity index (χ1n) is 1.65. The molecule has 0 saturated carbocycles. The van der Waals surface area contributed by atoms with Crippen molar-refractivity contribution in [2.45, 2.75) is 0 Å². The SMILES string of the molecule is C=C[N+]([O-])(O)N=[N+]=[N-]. The van der Waals surface area contributed by atoms with E-state index in [4.69, 9.17) is 10.7 Å². The fourth-order valence-electron chi connectivity index (χ4n) is 0.0938. The van der Waals surface area contributed by atoms with Crippen LogP contribution in [-0.4, -0.2) is 10.1 Å². The third-order valence-corrected chi connectivity index (χ3v) is 0.406. The van der Waals surface area contributed by atoms with E-state index in [0.717, 1.165) is 0 Å². The van der Waals surface area contributed by atoms with Crippen LogP contribution in [0.2, 0.25) is 0 Å². The van der Waals surface area contributed by atoms with Crippen molar-refractivity contribution in [3.63, 3.8) is 0 Å². The molecular formula is C2H4N4O2. The quantitative estimate of drug-likeness (QED) is 0.192. The summed E-state index contributed by atoms with van der Waals surface area (Å²) in [4.78, 5) is -0.0729. The minimum absolute atomic E-state index is 0.541. The van der Waals surface area contributed by atoms with Crippen molar-refractivity contribution in [3.05, 3.63) is 28.4 Å². The van der Waals surface area contributed by atoms with Crippen molar-refractivity contribution >= 4 is 0 Å². The van der Waals surface area contributed by atoms with Gasteiger partial charge in [0, 0.05) is 5.53 Å². The van der Waals surface area contributed by atoms with Crippen LogP contribution in [0.5, 0.6) is 0 Å². The van der Waals surface area contributed by atoms with Gasteiger partial charge in [0.15, 0.2) is 5.22 Å². The summed E-state index contributed by atoms with van der Waals surface area (Å²) in [5.41, 5.74) is 7.57. The standard InChI is InChI=1S/C2H4N4O2/c1-2-6(7,8)5-4-3/h2,7H,1H2. The van der Waals surface area contributed by atoms with E-state index in [1.165, 1.54) is 0 Å². The second kappa shape index (κ2) is 2.29. The van der Waals surface area contributed by atoms with Crippen LogP contribution in [-0.2, 0) is 0 Å². The molecule has 0 aromatic heterocycles. The normalized spacial score (nSPS) is 15.8. The number of hydrogen-bond donors (Lipinski definition) is 1. The molecule has 0 spiro atoms. The van der Waals surface area contributed by atoms with Gasteiger partial charge < -0.3 is 5.21 Å². The van der Waals surface area contributed by atoms with Gasteiger partial charge in [-0.1, -0.05) is 4.92 Å². The molecule has 0 rings (SSSR count). The summed E-state index contributed by atoms with van der Waals surface area (Å²) in [6, 6.07) is 0. The van der Waals surface area contributed by atoms with Crippen molar-refractivity contribution in [1.82, 2.24) is 0 Å². The summed E-state index contributed by atoms with van der Waals surface area (Å²) in [7, 11) is 0. The molecule has 6 nitrogen and oxygen atoms in total. The van der Waals surface area contributed by atoms with Gasteiger partial charge in [-0.15, -0.1) is 0 Å². The number of nitrogens with zero attached hydrogens (tertiary/aromatic N) is 4. The zero-order valence-electron chi connectivity index (χ0n) is 3.93. The summed E-state index contributed by atoms with van der Waals surface area (Å²) in [6.07, 6.45) is 0.541. The molecule has 0 radical (unpaired) electrons. The van der Waals surface area contributed by atoms with Gasteiger partial charge in [0.05, 0.1) is 4.91 Å². The Balaban J connectivity index is 4.11. The molecule has 0 aromatic carbocycles. The van der Waals surface area contributed by atoms with Gasteiger partial charge >= 0.3 is 0 Å². The van der Waals surface area contributed by atoms with Gasteiger partial charge in [-0.2, -0.15) is 5.21 Å². The van der Waals surface area contributed by atoms with E-state index in [1.54, 1.807) is 0 Å². The lowest BCUT2D eigenvalue weighted by Gasteiger charge is -2.17. The zero-order chi connectivity index (χ0) is 6.62. The number of quaternary nitrogens is 1. The molecule has 0 aliphatic heterocycles. The number of rotatable bonds is 2. The van der Waals surface area contributed by atoms with E-state index in [0.29, 0.717) is 6.20 Å². The van der Waals surface area contributed by atoms with E-state index < -0.39 is 4.92 Å². The molecule has 44 valence electrons. The topological polar surface area (TPSA) is 92.0 Å². The van der Waals surface area contributed by atoms with Crippen molar-refractivity contribution in [1.29, 1.82) is 0 Å². The highest BCUT2D eigenvalue weighted by Gasteiger charge is 2.02. The van der Waals surface area contributed by atoms with Crippen LogP contribution in [0.25, 0.3) is 10.4 Å². The Morgan fingerprint density at radius 3 is 2.62 bits per heavy atom. The van der Waals surface area contributed by atoms with Crippen molar-refractivity contribution in [3.8, 4) is 0 Å². The third kappa shape index (κ3) is 2.17. The minimum atomic E-state index is -2.11. The minimum Gasteiger partial charge on any atom is -0.578 e. The molecule has 1 atom stereocenters. The van der Waals surface area contributed by atoms with Gasteiger partial charge in [0.25, 0.3) is 0 Å². The second-order valence-electron chi connectivity index (χ2n) is 0.951. The largest absolute Gasteiger partial charge is 0.578 e. The molecule has 1 unspecified atom stereocenters. The molecule has 1 N–H and O–H groups in total. The second-order valence-corrected chi connectivity index (χ2v) is 0.951. The van der Waals surface area contributed by atoms with E-state index >= 15 is 0 Å². The number of azide groups is 1. The predicted octanol–water partition coefficient (Wildman–Crippen LogP) is 1.06. The van der Waals surface area contributed by atoms with E-state index in [9.17, 15) is 5.21 Å². The number of hydrogen-bond acceptors (Lipinski definition) is 3. The van der Waals surface area contributed by atoms with Gasteiger partial charge in [0.1, 0.15) is 6.20 Å². The van der Waals surface area contributed by atoms with Crippen LogP contribution in [0.15, 0.2) is 18.0 Å². The summed E-state index contributed by atoms with van der Waals surface area (Å²) < 4.78 is 0. The van der Waals surface area contributed by atoms with Crippen LogP contribution in [0, 0.1) is 5.21 Å². The first-order valence-corrected chi connectivity index (χ1v) is 1.65. The lowest BCUT2D eigenvalue weighted by molar-refractivity contribution is -1.03. The average Bonchev–Trinajstić information content (AvgIpc) is 1.67. The molecule has 0 aliphatic rings. The molecule has 0 fully saturated rings. The lowest BCUT2D eigenvalue weighted by Crippen LogP contribution is -2.22. The summed E-state index contributed by atoms with van der Waals surface area (Å²) in [5, 5.41) is 20.6. The van der Waals surface area contributed by atoms with Crippen LogP contribution in [0.4, 0.5) is 0 Å². The maximum atomic E-state index is 10.0. The third-order valence-electron chi connectivity index (χ3n) is 0.406. The monoisotopic (exact) mass is 116 g/mol. The lowest BCUT2D eigenvalue weighted by atomic mass is 11.0. The van der Waals surface area contributed by atoms with Gasteiger partial charge in [0.2, 0.25) is 0 Å². The summed E-state index contributed by atoms with van der Waals surface area (Å²) in [6.45, 7) is 2.90. The maximum Gasteiger partial charge on any atom is 0.155 e. The van der Waals surface area contributed by atoms with Gasteiger partial charge in [-0.05, 0) is 6.58 Å². The Bertz CT molecular complexity index is 135. The Morgan fingerprint density at radius 2 is 2.50 bits per heavy atom. The average molecular weight is 116 g/mol. The fourth-order valence-corrected chi connectivity index (χ4v) is 0.0938. The molecule has 8 heavy (non-hydrogen) atoms. The van der Waals surface area contributed by atoms with E-state index in [2.05, 4.69) is 11.8 Å². The molecule has 0 aliphatic carbocycles. The van der Waals surface area contributed by atoms with Gasteiger partial charge in [-0.25, -0.2) is 0 Å². The van der Waals surface area contributed by atoms with Crippen molar-refractivity contribution < 1.29 is 10.1 Å². The molecule has 6 heteroatoms. The Labute approximate surface area is 45.0 Å². The van der Waals surface area contributed by atoms with Crippen LogP contribution in [0.1, 0.15) is 0 Å². The predicted molar refractivity (Wildman–Crippen MR) is 24.8 cm³/mol. The van der Waals surface area contributed by atoms with Crippen molar-refractivity contribution in [2.24, 2.45) is 5.22 Å². The van der Waals surface area contributed by atoms with E-state index in [1.807, 2.05) is 4.91 Å². The molecular weight excluding hydrogens is 112 g/mol. The van der Waals surface area contributed by atoms with Crippen molar-refractivity contribution in [2.75, 3.05) is 0 Å². The molecule has 0 bridgehead atoms. The van der Waals surface area contributed by atoms with Crippen LogP contribution < -0.4 is 0 Å². The summed E-state index contributed by atoms with van der Waals surface area (Å²) in [5.74, 6) is 0. The molecule has 0 heterocycles. The fraction of sp³-hybridized carbons (Fsp3) is 0. The Kier molecular flexibility index (Phi) is 1.99. The molecule has 0 amide bonds. The molecule has 0 aromatic rings. The number of hydroxylamine groups is 2. The first-order chi connectivity index (χ1) is 3.62. The Morgan fingerprint density at radius 1 is 2.00 bits per heavy atom. The van der Waals surface area contributed by atoms with E-state index in [-0.39, 0.29) is 0 Å². The highest BCUT2D eigenvalue weighted by Crippen LogP contribution is 1.97. The Hall–Kier alpha value is -1.07.